The number of carbonyl (C=O) groups excluding carboxylic acids is 1. The number of carbonyl (C=O) groups is 1. The van der Waals surface area contributed by atoms with Crippen molar-refractivity contribution in [1.29, 1.82) is 0 Å². The van der Waals surface area contributed by atoms with Gasteiger partial charge in [0.2, 0.25) is 0 Å². The van der Waals surface area contributed by atoms with Crippen molar-refractivity contribution >= 4 is 15.9 Å². The summed E-state index contributed by atoms with van der Waals surface area (Å²) in [6.45, 7) is 0. The Morgan fingerprint density at radius 3 is 2.26 bits per heavy atom. The molecule has 6 nitrogen and oxygen atoms in total. The summed E-state index contributed by atoms with van der Waals surface area (Å²) in [4.78, 5) is 16.7. The van der Waals surface area contributed by atoms with Crippen molar-refractivity contribution in [3.05, 3.63) is 59.5 Å². The minimum atomic E-state index is -3.65. The summed E-state index contributed by atoms with van der Waals surface area (Å²) >= 11 is 0. The van der Waals surface area contributed by atoms with Crippen LogP contribution < -0.4 is 5.32 Å². The number of amides is 1. The van der Waals surface area contributed by atoms with E-state index in [9.17, 15) is 17.6 Å². The van der Waals surface area contributed by atoms with Crippen LogP contribution in [0.3, 0.4) is 0 Å². The highest BCUT2D eigenvalue weighted by Gasteiger charge is 2.37. The molecule has 3 rings (SSSR count). The molecule has 0 saturated heterocycles. The van der Waals surface area contributed by atoms with E-state index >= 15 is 0 Å². The number of pyridine rings is 1. The lowest BCUT2D eigenvalue weighted by Crippen LogP contribution is -2.43. The molecule has 1 saturated carbocycles. The molecule has 1 amide bonds. The van der Waals surface area contributed by atoms with Crippen LogP contribution >= 0.6 is 0 Å². The lowest BCUT2D eigenvalue weighted by molar-refractivity contribution is 0.0897. The molecule has 1 aliphatic rings. The van der Waals surface area contributed by atoms with Crippen LogP contribution in [0.15, 0.2) is 47.6 Å². The third kappa shape index (κ3) is 3.86. The third-order valence-corrected chi connectivity index (χ3v) is 6.68. The summed E-state index contributed by atoms with van der Waals surface area (Å²) < 4.78 is 38.5. The van der Waals surface area contributed by atoms with Gasteiger partial charge >= 0.3 is 0 Å². The van der Waals surface area contributed by atoms with Gasteiger partial charge in [-0.25, -0.2) is 22.1 Å². The van der Waals surface area contributed by atoms with Gasteiger partial charge in [-0.15, -0.1) is 0 Å². The van der Waals surface area contributed by atoms with Crippen LogP contribution in [-0.2, 0) is 15.6 Å². The molecule has 1 aliphatic carbocycles. The molecule has 1 heterocycles. The Bertz CT molecular complexity index is 920. The van der Waals surface area contributed by atoms with Gasteiger partial charge in [0, 0.05) is 20.3 Å². The van der Waals surface area contributed by atoms with Gasteiger partial charge in [-0.2, -0.15) is 0 Å². The molecular weight excluding hydrogens is 369 g/mol. The first-order valence-electron chi connectivity index (χ1n) is 8.72. The standard InChI is InChI=1S/C19H22FN3O3S/c1-23(2)27(25,26)17-10-5-14(13-21-17)18(24)22-19(11-3-4-12-19)15-6-8-16(20)9-7-15/h5-10,13H,3-4,11-12H2,1-2H3,(H,22,24). The van der Waals surface area contributed by atoms with Gasteiger partial charge in [0.05, 0.1) is 11.1 Å². The normalized spacial score (nSPS) is 16.4. The molecule has 2 aromatic rings. The van der Waals surface area contributed by atoms with Crippen molar-refractivity contribution in [2.75, 3.05) is 14.1 Å². The first-order valence-corrected chi connectivity index (χ1v) is 10.2. The van der Waals surface area contributed by atoms with E-state index < -0.39 is 15.6 Å². The molecule has 0 spiro atoms. The van der Waals surface area contributed by atoms with Gasteiger partial charge < -0.3 is 5.32 Å². The predicted octanol–water partition coefficient (Wildman–Crippen LogP) is 2.67. The van der Waals surface area contributed by atoms with Crippen LogP contribution in [0.1, 0.15) is 41.6 Å². The number of nitrogens with zero attached hydrogens (tertiary/aromatic N) is 2. The van der Waals surface area contributed by atoms with Crippen LogP contribution in [0.25, 0.3) is 0 Å². The van der Waals surface area contributed by atoms with Crippen molar-refractivity contribution in [3.63, 3.8) is 0 Å². The van der Waals surface area contributed by atoms with Crippen LogP contribution in [-0.4, -0.2) is 37.7 Å². The Kier molecular flexibility index (Phi) is 5.30. The first-order chi connectivity index (χ1) is 12.7. The zero-order chi connectivity index (χ0) is 19.7. The smallest absolute Gasteiger partial charge is 0.260 e. The summed E-state index contributed by atoms with van der Waals surface area (Å²) in [7, 11) is -0.804. The van der Waals surface area contributed by atoms with Crippen molar-refractivity contribution in [3.8, 4) is 0 Å². The van der Waals surface area contributed by atoms with Gasteiger partial charge in [-0.05, 0) is 42.7 Å². The van der Waals surface area contributed by atoms with Gasteiger partial charge in [-0.1, -0.05) is 25.0 Å². The third-order valence-electron chi connectivity index (χ3n) is 4.95. The van der Waals surface area contributed by atoms with E-state index in [0.717, 1.165) is 35.6 Å². The summed E-state index contributed by atoms with van der Waals surface area (Å²) in [5, 5.41) is 2.95. The summed E-state index contributed by atoms with van der Waals surface area (Å²) in [6, 6.07) is 8.96. The van der Waals surface area contributed by atoms with Crippen LogP contribution in [0, 0.1) is 5.82 Å². The molecule has 0 unspecified atom stereocenters. The number of benzene rings is 1. The van der Waals surface area contributed by atoms with Gasteiger partial charge in [0.25, 0.3) is 15.9 Å². The zero-order valence-electron chi connectivity index (χ0n) is 15.3. The highest BCUT2D eigenvalue weighted by Crippen LogP contribution is 2.39. The Morgan fingerprint density at radius 1 is 1.11 bits per heavy atom. The molecule has 144 valence electrons. The molecule has 0 aliphatic heterocycles. The highest BCUT2D eigenvalue weighted by molar-refractivity contribution is 7.89. The first kappa shape index (κ1) is 19.4. The second-order valence-corrected chi connectivity index (χ2v) is 9.02. The van der Waals surface area contributed by atoms with E-state index in [1.807, 2.05) is 0 Å². The fourth-order valence-corrected chi connectivity index (χ4v) is 4.18. The second-order valence-electron chi connectivity index (χ2n) is 6.92. The molecule has 1 N–H and O–H groups in total. The van der Waals surface area contributed by atoms with Crippen LogP contribution in [0.5, 0.6) is 0 Å². The maximum atomic E-state index is 13.3. The topological polar surface area (TPSA) is 79.4 Å². The summed E-state index contributed by atoms with van der Waals surface area (Å²) in [6.07, 6.45) is 4.74. The molecule has 8 heteroatoms. The number of sulfonamides is 1. The van der Waals surface area contributed by atoms with E-state index in [1.54, 1.807) is 12.1 Å². The van der Waals surface area contributed by atoms with Crippen LogP contribution in [0.2, 0.25) is 0 Å². The Balaban J connectivity index is 1.84. The molecule has 27 heavy (non-hydrogen) atoms. The SMILES string of the molecule is CN(C)S(=O)(=O)c1ccc(C(=O)NC2(c3ccc(F)cc3)CCCC2)cn1. The van der Waals surface area contributed by atoms with E-state index in [1.165, 1.54) is 44.6 Å². The maximum absolute atomic E-state index is 13.3. The number of rotatable bonds is 5. The molecule has 1 fully saturated rings. The molecular formula is C19H22FN3O3S. The molecule has 0 atom stereocenters. The Morgan fingerprint density at radius 2 is 1.74 bits per heavy atom. The second kappa shape index (κ2) is 7.36. The maximum Gasteiger partial charge on any atom is 0.260 e. The average Bonchev–Trinajstić information content (AvgIpc) is 3.11. The van der Waals surface area contributed by atoms with E-state index in [-0.39, 0.29) is 22.3 Å². The van der Waals surface area contributed by atoms with E-state index in [2.05, 4.69) is 10.3 Å². The fraction of sp³-hybridized carbons (Fsp3) is 0.368. The Hall–Kier alpha value is -2.32. The molecule has 0 bridgehead atoms. The molecule has 1 aromatic carbocycles. The van der Waals surface area contributed by atoms with Gasteiger partial charge in [0.15, 0.2) is 5.03 Å². The summed E-state index contributed by atoms with van der Waals surface area (Å²) in [5.74, 6) is -0.650. The number of aromatic nitrogens is 1. The number of halogens is 1. The lowest BCUT2D eigenvalue weighted by Gasteiger charge is -2.31. The van der Waals surface area contributed by atoms with Crippen molar-refractivity contribution < 1.29 is 17.6 Å². The summed E-state index contributed by atoms with van der Waals surface area (Å²) in [5.41, 5.74) is 0.606. The quantitative estimate of drug-likeness (QED) is 0.850. The monoisotopic (exact) mass is 391 g/mol. The lowest BCUT2D eigenvalue weighted by atomic mass is 9.88. The van der Waals surface area contributed by atoms with Crippen molar-refractivity contribution in [1.82, 2.24) is 14.6 Å². The van der Waals surface area contributed by atoms with E-state index in [0.29, 0.717) is 0 Å². The minimum absolute atomic E-state index is 0.113. The van der Waals surface area contributed by atoms with Crippen LogP contribution in [0.4, 0.5) is 4.39 Å². The van der Waals surface area contributed by atoms with Crippen molar-refractivity contribution in [2.45, 2.75) is 36.2 Å². The Labute approximate surface area is 158 Å². The van der Waals surface area contributed by atoms with Gasteiger partial charge in [-0.3, -0.25) is 4.79 Å². The average molecular weight is 391 g/mol. The molecule has 1 aromatic heterocycles. The fourth-order valence-electron chi connectivity index (χ4n) is 3.38. The predicted molar refractivity (Wildman–Crippen MR) is 99.1 cm³/mol. The molecule has 0 radical (unpaired) electrons. The van der Waals surface area contributed by atoms with Crippen molar-refractivity contribution in [2.24, 2.45) is 0 Å². The number of hydrogen-bond donors (Lipinski definition) is 1. The van der Waals surface area contributed by atoms with E-state index in [4.69, 9.17) is 0 Å². The zero-order valence-corrected chi connectivity index (χ0v) is 16.1. The largest absolute Gasteiger partial charge is 0.342 e. The number of hydrogen-bond acceptors (Lipinski definition) is 4. The highest BCUT2D eigenvalue weighted by atomic mass is 32.2. The van der Waals surface area contributed by atoms with Gasteiger partial charge in [0.1, 0.15) is 5.82 Å². The number of nitrogens with one attached hydrogen (secondary N) is 1. The minimum Gasteiger partial charge on any atom is -0.342 e.